The third-order valence-electron chi connectivity index (χ3n) is 4.96. The standard InChI is InChI=1S/C24H25ClN2O3S/c1-19-12-14-22(15-13-19)31(29,30)27(17-21-10-6-7-11-23(21)25)18-24(28)26(2)16-20-8-4-3-5-9-20/h3-15H,16-18H2,1-2H3. The molecule has 0 unspecified atom stereocenters. The Bertz CT molecular complexity index is 1130. The molecule has 162 valence electrons. The molecule has 3 aromatic carbocycles. The zero-order valence-electron chi connectivity index (χ0n) is 17.5. The van der Waals surface area contributed by atoms with Crippen molar-refractivity contribution in [1.29, 1.82) is 0 Å². The minimum atomic E-state index is -3.91. The van der Waals surface area contributed by atoms with E-state index in [2.05, 4.69) is 0 Å². The zero-order valence-corrected chi connectivity index (χ0v) is 19.1. The van der Waals surface area contributed by atoms with Gasteiger partial charge in [-0.3, -0.25) is 4.79 Å². The van der Waals surface area contributed by atoms with E-state index in [0.29, 0.717) is 17.1 Å². The molecule has 0 radical (unpaired) electrons. The van der Waals surface area contributed by atoms with Crippen LogP contribution in [-0.2, 0) is 27.9 Å². The van der Waals surface area contributed by atoms with Crippen LogP contribution < -0.4 is 0 Å². The summed E-state index contributed by atoms with van der Waals surface area (Å²) in [6.45, 7) is 2.00. The summed E-state index contributed by atoms with van der Waals surface area (Å²) in [6, 6.07) is 23.2. The highest BCUT2D eigenvalue weighted by Gasteiger charge is 2.28. The SMILES string of the molecule is Cc1ccc(S(=O)(=O)N(CC(=O)N(C)Cc2ccccc2)Cc2ccccc2Cl)cc1. The van der Waals surface area contributed by atoms with Crippen molar-refractivity contribution in [2.75, 3.05) is 13.6 Å². The van der Waals surface area contributed by atoms with Crippen molar-refractivity contribution < 1.29 is 13.2 Å². The molecule has 0 saturated heterocycles. The molecule has 0 saturated carbocycles. The van der Waals surface area contributed by atoms with E-state index in [1.807, 2.05) is 37.3 Å². The normalized spacial score (nSPS) is 11.5. The van der Waals surface area contributed by atoms with E-state index in [1.165, 1.54) is 9.21 Å². The number of aryl methyl sites for hydroxylation is 1. The number of benzene rings is 3. The monoisotopic (exact) mass is 456 g/mol. The Labute approximate surface area is 188 Å². The zero-order chi connectivity index (χ0) is 22.4. The Morgan fingerprint density at radius 3 is 2.13 bits per heavy atom. The minimum Gasteiger partial charge on any atom is -0.340 e. The summed E-state index contributed by atoms with van der Waals surface area (Å²) < 4.78 is 28.0. The summed E-state index contributed by atoms with van der Waals surface area (Å²) in [5.41, 5.74) is 2.56. The molecule has 31 heavy (non-hydrogen) atoms. The first-order valence-corrected chi connectivity index (χ1v) is 11.7. The lowest BCUT2D eigenvalue weighted by molar-refractivity contribution is -0.130. The maximum atomic E-state index is 13.4. The number of amides is 1. The number of rotatable bonds is 8. The molecule has 0 aliphatic heterocycles. The van der Waals surface area contributed by atoms with Gasteiger partial charge in [0.25, 0.3) is 0 Å². The summed E-state index contributed by atoms with van der Waals surface area (Å²) in [4.78, 5) is 14.6. The van der Waals surface area contributed by atoms with Gasteiger partial charge in [-0.2, -0.15) is 4.31 Å². The highest BCUT2D eigenvalue weighted by molar-refractivity contribution is 7.89. The third kappa shape index (κ3) is 5.94. The average Bonchev–Trinajstić information content (AvgIpc) is 2.75. The van der Waals surface area contributed by atoms with E-state index in [-0.39, 0.29) is 23.9 Å². The van der Waals surface area contributed by atoms with Gasteiger partial charge in [-0.05, 0) is 36.2 Å². The van der Waals surface area contributed by atoms with Crippen molar-refractivity contribution in [3.63, 3.8) is 0 Å². The summed E-state index contributed by atoms with van der Waals surface area (Å²) >= 11 is 6.27. The molecule has 3 rings (SSSR count). The Morgan fingerprint density at radius 1 is 0.871 bits per heavy atom. The fourth-order valence-electron chi connectivity index (χ4n) is 3.12. The largest absolute Gasteiger partial charge is 0.340 e. The van der Waals surface area contributed by atoms with Crippen LogP contribution >= 0.6 is 11.6 Å². The predicted molar refractivity (Wildman–Crippen MR) is 123 cm³/mol. The first-order chi connectivity index (χ1) is 14.8. The quantitative estimate of drug-likeness (QED) is 0.501. The molecular formula is C24H25ClN2O3S. The van der Waals surface area contributed by atoms with Crippen molar-refractivity contribution in [3.8, 4) is 0 Å². The topological polar surface area (TPSA) is 57.7 Å². The Balaban J connectivity index is 1.87. The molecule has 7 heteroatoms. The number of nitrogens with zero attached hydrogens (tertiary/aromatic N) is 2. The van der Waals surface area contributed by atoms with Gasteiger partial charge >= 0.3 is 0 Å². The van der Waals surface area contributed by atoms with Crippen LogP contribution in [0.2, 0.25) is 5.02 Å². The molecule has 0 aromatic heterocycles. The molecule has 3 aromatic rings. The van der Waals surface area contributed by atoms with Gasteiger partial charge in [0.2, 0.25) is 15.9 Å². The summed E-state index contributed by atoms with van der Waals surface area (Å²) in [5.74, 6) is -0.299. The van der Waals surface area contributed by atoms with Crippen LogP contribution in [-0.4, -0.2) is 37.1 Å². The first kappa shape index (κ1) is 23.0. The van der Waals surface area contributed by atoms with Gasteiger partial charge < -0.3 is 4.90 Å². The number of hydrogen-bond donors (Lipinski definition) is 0. The van der Waals surface area contributed by atoms with E-state index < -0.39 is 10.0 Å². The summed E-state index contributed by atoms with van der Waals surface area (Å²) in [7, 11) is -2.24. The summed E-state index contributed by atoms with van der Waals surface area (Å²) in [5, 5.41) is 0.455. The molecule has 0 bridgehead atoms. The number of halogens is 1. The fraction of sp³-hybridized carbons (Fsp3) is 0.208. The van der Waals surface area contributed by atoms with E-state index in [0.717, 1.165) is 11.1 Å². The van der Waals surface area contributed by atoms with Crippen LogP contribution in [0.1, 0.15) is 16.7 Å². The lowest BCUT2D eigenvalue weighted by Gasteiger charge is -2.25. The molecule has 0 aliphatic carbocycles. The van der Waals surface area contributed by atoms with Gasteiger partial charge in [-0.15, -0.1) is 0 Å². The van der Waals surface area contributed by atoms with Crippen molar-refractivity contribution in [2.45, 2.75) is 24.9 Å². The fourth-order valence-corrected chi connectivity index (χ4v) is 4.68. The Kier molecular flexibility index (Phi) is 7.49. The summed E-state index contributed by atoms with van der Waals surface area (Å²) in [6.07, 6.45) is 0. The number of carbonyl (C=O) groups excluding carboxylic acids is 1. The lowest BCUT2D eigenvalue weighted by atomic mass is 10.2. The second-order valence-electron chi connectivity index (χ2n) is 7.41. The van der Waals surface area contributed by atoms with Gasteiger partial charge in [-0.25, -0.2) is 8.42 Å². The molecule has 0 N–H and O–H groups in total. The van der Waals surface area contributed by atoms with E-state index in [9.17, 15) is 13.2 Å². The van der Waals surface area contributed by atoms with Gasteiger partial charge in [0.05, 0.1) is 11.4 Å². The van der Waals surface area contributed by atoms with E-state index in [1.54, 1.807) is 55.6 Å². The molecule has 0 spiro atoms. The maximum Gasteiger partial charge on any atom is 0.243 e. The van der Waals surface area contributed by atoms with Crippen LogP contribution in [0.25, 0.3) is 0 Å². The molecule has 0 heterocycles. The van der Waals surface area contributed by atoms with Gasteiger partial charge in [-0.1, -0.05) is 77.8 Å². The second-order valence-corrected chi connectivity index (χ2v) is 9.76. The van der Waals surface area contributed by atoms with Crippen LogP contribution in [0.15, 0.2) is 83.8 Å². The molecule has 0 fully saturated rings. The first-order valence-electron chi connectivity index (χ1n) is 9.85. The van der Waals surface area contributed by atoms with Crippen LogP contribution in [0.4, 0.5) is 0 Å². The van der Waals surface area contributed by atoms with Gasteiger partial charge in [0, 0.05) is 25.2 Å². The molecule has 1 amide bonds. The highest BCUT2D eigenvalue weighted by atomic mass is 35.5. The molecule has 5 nitrogen and oxygen atoms in total. The second kappa shape index (κ2) is 10.1. The third-order valence-corrected chi connectivity index (χ3v) is 7.14. The molecular weight excluding hydrogens is 432 g/mol. The lowest BCUT2D eigenvalue weighted by Crippen LogP contribution is -2.41. The van der Waals surface area contributed by atoms with Crippen LogP contribution in [0.3, 0.4) is 0 Å². The maximum absolute atomic E-state index is 13.4. The Morgan fingerprint density at radius 2 is 1.48 bits per heavy atom. The van der Waals surface area contributed by atoms with E-state index >= 15 is 0 Å². The number of carbonyl (C=O) groups is 1. The van der Waals surface area contributed by atoms with Crippen LogP contribution in [0.5, 0.6) is 0 Å². The Hall–Kier alpha value is -2.67. The van der Waals surface area contributed by atoms with Gasteiger partial charge in [0.15, 0.2) is 0 Å². The van der Waals surface area contributed by atoms with Crippen LogP contribution in [0, 0.1) is 6.92 Å². The van der Waals surface area contributed by atoms with E-state index in [4.69, 9.17) is 11.6 Å². The minimum absolute atomic E-state index is 0.000794. The average molecular weight is 457 g/mol. The van der Waals surface area contributed by atoms with Crippen molar-refractivity contribution in [1.82, 2.24) is 9.21 Å². The van der Waals surface area contributed by atoms with Gasteiger partial charge in [0.1, 0.15) is 0 Å². The predicted octanol–water partition coefficient (Wildman–Crippen LogP) is 4.50. The molecule has 0 atom stereocenters. The van der Waals surface area contributed by atoms with Crippen molar-refractivity contribution >= 4 is 27.5 Å². The highest BCUT2D eigenvalue weighted by Crippen LogP contribution is 2.23. The van der Waals surface area contributed by atoms with Crippen molar-refractivity contribution in [3.05, 3.63) is 101 Å². The number of likely N-dealkylation sites (N-methyl/N-ethyl adjacent to an activating group) is 1. The number of hydrogen-bond acceptors (Lipinski definition) is 3. The smallest absolute Gasteiger partial charge is 0.243 e. The number of sulfonamides is 1. The molecule has 0 aliphatic rings. The van der Waals surface area contributed by atoms with Crippen molar-refractivity contribution in [2.24, 2.45) is 0 Å².